The third-order valence-electron chi connectivity index (χ3n) is 6.49. The first-order valence-corrected chi connectivity index (χ1v) is 11.7. The summed E-state index contributed by atoms with van der Waals surface area (Å²) >= 11 is 0. The van der Waals surface area contributed by atoms with Crippen molar-refractivity contribution in [1.29, 1.82) is 0 Å². The second-order valence-corrected chi connectivity index (χ2v) is 8.93. The second kappa shape index (κ2) is 8.06. The van der Waals surface area contributed by atoms with Gasteiger partial charge in [0, 0.05) is 44.3 Å². The van der Waals surface area contributed by atoms with Crippen LogP contribution in [-0.4, -0.2) is 35.0 Å². The molecule has 37 heavy (non-hydrogen) atoms. The maximum atomic E-state index is 5.81. The summed E-state index contributed by atoms with van der Waals surface area (Å²) in [5.41, 5.74) is 20.5. The molecular weight excluding hydrogens is 462 g/mol. The monoisotopic (exact) mass is 483 g/mol. The smallest absolute Gasteiger partial charge is 0.113 e. The number of nitrogen functional groups attached to an aromatic ring is 2. The molecule has 0 fully saturated rings. The molecular formula is C28H21N9. The van der Waals surface area contributed by atoms with Crippen LogP contribution >= 0.6 is 0 Å². The first kappa shape index (κ1) is 20.9. The van der Waals surface area contributed by atoms with E-state index in [9.17, 15) is 0 Å². The van der Waals surface area contributed by atoms with Crippen molar-refractivity contribution in [3.05, 3.63) is 97.3 Å². The highest BCUT2D eigenvalue weighted by Crippen LogP contribution is 2.32. The Morgan fingerprint density at radius 1 is 0.541 bits per heavy atom. The Kier molecular flexibility index (Phi) is 4.55. The average Bonchev–Trinajstić information content (AvgIpc) is 3.67. The summed E-state index contributed by atoms with van der Waals surface area (Å²) in [6, 6.07) is 27.6. The summed E-state index contributed by atoms with van der Waals surface area (Å²) in [5.74, 6) is 0. The lowest BCUT2D eigenvalue weighted by Gasteiger charge is -2.01. The van der Waals surface area contributed by atoms with Gasteiger partial charge in [-0.2, -0.15) is 0 Å². The van der Waals surface area contributed by atoms with Gasteiger partial charge in [-0.25, -0.2) is 9.36 Å². The molecule has 7 aromatic rings. The molecule has 3 heterocycles. The summed E-state index contributed by atoms with van der Waals surface area (Å²) in [6.07, 6.45) is 3.84. The van der Waals surface area contributed by atoms with Gasteiger partial charge in [0.25, 0.3) is 0 Å². The van der Waals surface area contributed by atoms with E-state index in [0.717, 1.165) is 55.7 Å². The number of nitrogens with two attached hydrogens (primary N) is 2. The molecule has 0 aliphatic rings. The average molecular weight is 484 g/mol. The molecule has 0 aliphatic heterocycles. The minimum Gasteiger partial charge on any atom is -0.399 e. The van der Waals surface area contributed by atoms with Gasteiger partial charge in [-0.1, -0.05) is 22.6 Å². The maximum absolute atomic E-state index is 5.81. The van der Waals surface area contributed by atoms with Crippen LogP contribution in [0.25, 0.3) is 55.7 Å². The molecule has 0 spiro atoms. The highest BCUT2D eigenvalue weighted by atomic mass is 15.4. The predicted octanol–water partition coefficient (Wildman–Crippen LogP) is 4.98. The maximum Gasteiger partial charge on any atom is 0.113 e. The fraction of sp³-hybridized carbons (Fsp3) is 0. The number of benzene rings is 4. The normalized spacial score (nSPS) is 11.5. The predicted molar refractivity (Wildman–Crippen MR) is 145 cm³/mol. The van der Waals surface area contributed by atoms with Crippen molar-refractivity contribution in [3.63, 3.8) is 0 Å². The third kappa shape index (κ3) is 3.66. The van der Waals surface area contributed by atoms with E-state index >= 15 is 0 Å². The lowest BCUT2D eigenvalue weighted by molar-refractivity contribution is 0.804. The Hall–Kier alpha value is -5.44. The lowest BCUT2D eigenvalue weighted by Crippen LogP contribution is -1.95. The van der Waals surface area contributed by atoms with Crippen molar-refractivity contribution in [3.8, 4) is 33.9 Å². The van der Waals surface area contributed by atoms with Crippen LogP contribution in [0.3, 0.4) is 0 Å². The SMILES string of the molecule is Nc1ccc(-n2cc(-c3ccc4[nH]c5ccc(-c6cn(-c7ccc(N)cc7)nn6)cc5c4c3)nn2)cc1. The van der Waals surface area contributed by atoms with Crippen LogP contribution in [0.2, 0.25) is 0 Å². The first-order valence-electron chi connectivity index (χ1n) is 11.7. The van der Waals surface area contributed by atoms with Crippen molar-refractivity contribution >= 4 is 33.2 Å². The van der Waals surface area contributed by atoms with Crippen molar-refractivity contribution in [1.82, 2.24) is 35.0 Å². The number of rotatable bonds is 4. The van der Waals surface area contributed by atoms with Gasteiger partial charge in [0.05, 0.1) is 23.8 Å². The number of nitrogens with zero attached hydrogens (tertiary/aromatic N) is 6. The van der Waals surface area contributed by atoms with Gasteiger partial charge in [0.15, 0.2) is 0 Å². The van der Waals surface area contributed by atoms with E-state index in [-0.39, 0.29) is 0 Å². The Labute approximate surface area is 211 Å². The Morgan fingerprint density at radius 3 is 1.41 bits per heavy atom. The Balaban J connectivity index is 1.26. The zero-order valence-corrected chi connectivity index (χ0v) is 19.6. The van der Waals surface area contributed by atoms with Crippen LogP contribution in [0, 0.1) is 0 Å². The van der Waals surface area contributed by atoms with Gasteiger partial charge in [0.1, 0.15) is 11.4 Å². The van der Waals surface area contributed by atoms with Gasteiger partial charge >= 0.3 is 0 Å². The number of aromatic nitrogens is 7. The molecule has 9 heteroatoms. The molecule has 4 aromatic carbocycles. The number of aromatic amines is 1. The molecule has 0 saturated heterocycles. The molecule has 7 rings (SSSR count). The summed E-state index contributed by atoms with van der Waals surface area (Å²) in [5, 5.41) is 19.6. The molecule has 9 nitrogen and oxygen atoms in total. The Morgan fingerprint density at radius 2 is 0.973 bits per heavy atom. The quantitative estimate of drug-likeness (QED) is 0.303. The number of H-pyrrole nitrogens is 1. The van der Waals surface area contributed by atoms with E-state index in [2.05, 4.69) is 49.9 Å². The zero-order valence-electron chi connectivity index (χ0n) is 19.6. The fourth-order valence-corrected chi connectivity index (χ4v) is 4.51. The van der Waals surface area contributed by atoms with E-state index in [0.29, 0.717) is 11.4 Å². The minimum atomic E-state index is 0.709. The Bertz CT molecular complexity index is 1750. The summed E-state index contributed by atoms with van der Waals surface area (Å²) in [4.78, 5) is 3.50. The largest absolute Gasteiger partial charge is 0.399 e. The second-order valence-electron chi connectivity index (χ2n) is 8.93. The van der Waals surface area contributed by atoms with E-state index in [1.165, 1.54) is 0 Å². The third-order valence-corrected chi connectivity index (χ3v) is 6.49. The molecule has 0 saturated carbocycles. The van der Waals surface area contributed by atoms with Gasteiger partial charge in [-0.05, 0) is 72.8 Å². The van der Waals surface area contributed by atoms with Crippen molar-refractivity contribution in [2.75, 3.05) is 11.5 Å². The molecule has 0 radical (unpaired) electrons. The topological polar surface area (TPSA) is 129 Å². The van der Waals surface area contributed by atoms with Gasteiger partial charge in [0.2, 0.25) is 0 Å². The van der Waals surface area contributed by atoms with Crippen LogP contribution < -0.4 is 11.5 Å². The minimum absolute atomic E-state index is 0.709. The number of anilines is 2. The highest BCUT2D eigenvalue weighted by molar-refractivity contribution is 6.09. The van der Waals surface area contributed by atoms with Crippen LogP contribution in [0.4, 0.5) is 11.4 Å². The van der Waals surface area contributed by atoms with E-state index in [1.807, 2.05) is 73.1 Å². The van der Waals surface area contributed by atoms with Crippen LogP contribution in [0.1, 0.15) is 0 Å². The van der Waals surface area contributed by atoms with Crippen molar-refractivity contribution < 1.29 is 0 Å². The molecule has 0 aliphatic carbocycles. The molecule has 5 N–H and O–H groups in total. The van der Waals surface area contributed by atoms with Crippen LogP contribution in [0.5, 0.6) is 0 Å². The lowest BCUT2D eigenvalue weighted by atomic mass is 10.0. The molecule has 0 amide bonds. The number of fused-ring (bicyclic) bond motifs is 3. The van der Waals surface area contributed by atoms with Crippen molar-refractivity contribution in [2.45, 2.75) is 0 Å². The van der Waals surface area contributed by atoms with Crippen LogP contribution in [0.15, 0.2) is 97.3 Å². The molecule has 3 aromatic heterocycles. The number of hydrogen-bond donors (Lipinski definition) is 3. The summed E-state index contributed by atoms with van der Waals surface area (Å²) in [7, 11) is 0. The molecule has 0 unspecified atom stereocenters. The summed E-state index contributed by atoms with van der Waals surface area (Å²) < 4.78 is 3.49. The molecule has 0 bridgehead atoms. The van der Waals surface area contributed by atoms with Gasteiger partial charge < -0.3 is 16.5 Å². The molecule has 178 valence electrons. The standard InChI is InChI=1S/C28H21N9/c29-19-3-7-21(8-4-19)36-15-27(32-34-36)17-1-11-25-23(13-17)24-14-18(2-12-26(24)31-25)28-16-37(35-33-28)22-9-5-20(30)6-10-22/h1-16,31H,29-30H2. The first-order chi connectivity index (χ1) is 18.1. The van der Waals surface area contributed by atoms with Gasteiger partial charge in [-0.15, -0.1) is 10.2 Å². The highest BCUT2D eigenvalue weighted by Gasteiger charge is 2.12. The number of hydrogen-bond acceptors (Lipinski definition) is 6. The van der Waals surface area contributed by atoms with E-state index < -0.39 is 0 Å². The molecule has 0 atom stereocenters. The fourth-order valence-electron chi connectivity index (χ4n) is 4.51. The summed E-state index contributed by atoms with van der Waals surface area (Å²) in [6.45, 7) is 0. The van der Waals surface area contributed by atoms with Crippen LogP contribution in [-0.2, 0) is 0 Å². The number of nitrogens with one attached hydrogen (secondary N) is 1. The van der Waals surface area contributed by atoms with E-state index in [1.54, 1.807) is 9.36 Å². The van der Waals surface area contributed by atoms with Crippen molar-refractivity contribution in [2.24, 2.45) is 0 Å². The van der Waals surface area contributed by atoms with Gasteiger partial charge in [-0.3, -0.25) is 0 Å². The zero-order chi connectivity index (χ0) is 24.9. The van der Waals surface area contributed by atoms with E-state index in [4.69, 9.17) is 11.5 Å².